The lowest BCUT2D eigenvalue weighted by Crippen LogP contribution is -2.16. The maximum atomic E-state index is 3.40. The van der Waals surface area contributed by atoms with E-state index in [1.807, 2.05) is 0 Å². The summed E-state index contributed by atoms with van der Waals surface area (Å²) in [6, 6.07) is 8.56. The van der Waals surface area contributed by atoms with Crippen LogP contribution in [0.5, 0.6) is 0 Å². The quantitative estimate of drug-likeness (QED) is 0.528. The first kappa shape index (κ1) is 13.8. The third-order valence-corrected chi connectivity index (χ3v) is 3.22. The number of hydrogen-bond donors (Lipinski definition) is 0. The molecule has 0 nitrogen and oxygen atoms in total. The van der Waals surface area contributed by atoms with E-state index in [0.29, 0.717) is 5.92 Å². The van der Waals surface area contributed by atoms with Crippen molar-refractivity contribution in [3.8, 4) is 11.5 Å². The van der Waals surface area contributed by atoms with E-state index in [1.165, 1.54) is 11.1 Å². The van der Waals surface area contributed by atoms with Crippen LogP contribution in [0, 0.1) is 24.3 Å². The van der Waals surface area contributed by atoms with Crippen molar-refractivity contribution in [1.29, 1.82) is 0 Å². The Balaban J connectivity index is 2.64. The van der Waals surface area contributed by atoms with Crippen molar-refractivity contribution >= 4 is 14.1 Å². The number of aryl methyl sites for hydroxylation is 1. The molecule has 0 saturated carbocycles. The molecule has 0 radical (unpaired) electrons. The number of benzene rings is 1. The molecular weight excluding hydrogens is 220 g/mol. The molecule has 0 aromatic heterocycles. The van der Waals surface area contributed by atoms with Gasteiger partial charge in [0.15, 0.2) is 0 Å². The minimum Gasteiger partial charge on any atom is -0.131 e. The first-order valence-corrected chi connectivity index (χ1v) is 9.64. The van der Waals surface area contributed by atoms with Crippen molar-refractivity contribution in [3.63, 3.8) is 0 Å². The average molecular weight is 242 g/mol. The molecule has 0 amide bonds. The molecule has 1 atom stereocenters. The first-order chi connectivity index (χ1) is 7.87. The van der Waals surface area contributed by atoms with Crippen LogP contribution in [0.3, 0.4) is 0 Å². The molecule has 17 heavy (non-hydrogen) atoms. The highest BCUT2D eigenvalue weighted by atomic mass is 28.3. The number of rotatable bonds is 2. The van der Waals surface area contributed by atoms with Gasteiger partial charge in [0.1, 0.15) is 8.07 Å². The molecule has 1 aromatic carbocycles. The lowest BCUT2D eigenvalue weighted by Gasteiger charge is -2.04. The van der Waals surface area contributed by atoms with E-state index >= 15 is 0 Å². The van der Waals surface area contributed by atoms with E-state index in [4.69, 9.17) is 0 Å². The molecule has 0 spiro atoms. The van der Waals surface area contributed by atoms with E-state index in [2.05, 4.69) is 81.4 Å². The largest absolute Gasteiger partial charge is 0.131 e. The second-order valence-corrected chi connectivity index (χ2v) is 10.3. The second-order valence-electron chi connectivity index (χ2n) is 5.58. The molecule has 0 aliphatic carbocycles. The zero-order valence-corrected chi connectivity index (χ0v) is 12.5. The summed E-state index contributed by atoms with van der Waals surface area (Å²) in [6.07, 6.45) is 4.33. The van der Waals surface area contributed by atoms with Crippen LogP contribution in [-0.2, 0) is 0 Å². The monoisotopic (exact) mass is 242 g/mol. The van der Waals surface area contributed by atoms with Crippen molar-refractivity contribution in [3.05, 3.63) is 41.5 Å². The predicted molar refractivity (Wildman–Crippen MR) is 80.5 cm³/mol. The summed E-state index contributed by atoms with van der Waals surface area (Å²) < 4.78 is 0. The van der Waals surface area contributed by atoms with Gasteiger partial charge in [0.2, 0.25) is 0 Å². The SMILES string of the molecule is Cc1ccc(/C=C/[C@H](C)C#C[Si](C)(C)C)cc1. The maximum absolute atomic E-state index is 3.40. The van der Waals surface area contributed by atoms with Crippen LogP contribution < -0.4 is 0 Å². The van der Waals surface area contributed by atoms with Crippen molar-refractivity contribution < 1.29 is 0 Å². The number of allylic oxidation sites excluding steroid dienone is 1. The molecule has 1 heteroatoms. The first-order valence-electron chi connectivity index (χ1n) is 6.14. The van der Waals surface area contributed by atoms with Crippen LogP contribution in [0.25, 0.3) is 6.08 Å². The molecule has 90 valence electrons. The smallest absolute Gasteiger partial charge is 0.129 e. The van der Waals surface area contributed by atoms with Gasteiger partial charge >= 0.3 is 0 Å². The van der Waals surface area contributed by atoms with Gasteiger partial charge in [-0.05, 0) is 19.4 Å². The van der Waals surface area contributed by atoms with Crippen LogP contribution in [0.1, 0.15) is 18.1 Å². The topological polar surface area (TPSA) is 0 Å². The van der Waals surface area contributed by atoms with Crippen LogP contribution in [0.2, 0.25) is 19.6 Å². The average Bonchev–Trinajstić information content (AvgIpc) is 2.25. The van der Waals surface area contributed by atoms with Gasteiger partial charge in [0.25, 0.3) is 0 Å². The Bertz CT molecular complexity index is 435. The van der Waals surface area contributed by atoms with E-state index in [1.54, 1.807) is 0 Å². The Hall–Kier alpha value is -1.26. The molecule has 0 aliphatic rings. The lowest BCUT2D eigenvalue weighted by molar-refractivity contribution is 0.987. The van der Waals surface area contributed by atoms with Crippen molar-refractivity contribution in [2.45, 2.75) is 33.5 Å². The minimum absolute atomic E-state index is 0.336. The Kier molecular flexibility index (Phi) is 4.78. The third kappa shape index (κ3) is 6.14. The molecule has 0 heterocycles. The maximum Gasteiger partial charge on any atom is 0.129 e. The zero-order chi connectivity index (χ0) is 12.9. The summed E-state index contributed by atoms with van der Waals surface area (Å²) in [7, 11) is -1.23. The molecule has 1 rings (SSSR count). The fraction of sp³-hybridized carbons (Fsp3) is 0.375. The summed E-state index contributed by atoms with van der Waals surface area (Å²) in [5, 5.41) is 0. The molecule has 0 fully saturated rings. The molecule has 0 N–H and O–H groups in total. The molecule has 1 aromatic rings. The highest BCUT2D eigenvalue weighted by molar-refractivity contribution is 6.83. The summed E-state index contributed by atoms with van der Waals surface area (Å²) >= 11 is 0. The Morgan fingerprint density at radius 3 is 2.24 bits per heavy atom. The molecule has 0 saturated heterocycles. The molecule has 0 bridgehead atoms. The highest BCUT2D eigenvalue weighted by Crippen LogP contribution is 2.07. The van der Waals surface area contributed by atoms with Gasteiger partial charge in [0, 0.05) is 5.92 Å². The van der Waals surface area contributed by atoms with Gasteiger partial charge in [-0.15, -0.1) is 11.5 Å². The molecular formula is C16H22Si. The summed E-state index contributed by atoms with van der Waals surface area (Å²) in [5.41, 5.74) is 5.95. The zero-order valence-electron chi connectivity index (χ0n) is 11.5. The van der Waals surface area contributed by atoms with Crippen molar-refractivity contribution in [2.75, 3.05) is 0 Å². The lowest BCUT2D eigenvalue weighted by atomic mass is 10.1. The van der Waals surface area contributed by atoms with Gasteiger partial charge in [0.05, 0.1) is 0 Å². The fourth-order valence-corrected chi connectivity index (χ4v) is 1.97. The normalized spacial score (nSPS) is 13.2. The highest BCUT2D eigenvalue weighted by Gasteiger charge is 2.07. The van der Waals surface area contributed by atoms with Crippen molar-refractivity contribution in [1.82, 2.24) is 0 Å². The van der Waals surface area contributed by atoms with Gasteiger partial charge in [-0.1, -0.05) is 61.6 Å². The Morgan fingerprint density at radius 1 is 1.12 bits per heavy atom. The van der Waals surface area contributed by atoms with E-state index in [-0.39, 0.29) is 0 Å². The second kappa shape index (κ2) is 5.89. The fourth-order valence-electron chi connectivity index (χ4n) is 1.31. The van der Waals surface area contributed by atoms with Crippen LogP contribution in [0.15, 0.2) is 30.3 Å². The molecule has 0 aliphatic heterocycles. The van der Waals surface area contributed by atoms with Crippen LogP contribution >= 0.6 is 0 Å². The number of hydrogen-bond acceptors (Lipinski definition) is 0. The summed E-state index contributed by atoms with van der Waals surface area (Å²) in [4.78, 5) is 0. The Labute approximate surface area is 107 Å². The van der Waals surface area contributed by atoms with E-state index in [9.17, 15) is 0 Å². The van der Waals surface area contributed by atoms with Gasteiger partial charge in [-0.3, -0.25) is 0 Å². The van der Waals surface area contributed by atoms with E-state index < -0.39 is 8.07 Å². The standard InChI is InChI=1S/C16H22Si/c1-14-6-9-16(10-7-14)11-8-15(2)12-13-17(3,4)5/h6-11,15H,1-5H3/b11-8+/t15-/m0/s1. The van der Waals surface area contributed by atoms with Crippen LogP contribution in [-0.4, -0.2) is 8.07 Å². The van der Waals surface area contributed by atoms with E-state index in [0.717, 1.165) is 0 Å². The van der Waals surface area contributed by atoms with Crippen LogP contribution in [0.4, 0.5) is 0 Å². The molecule has 0 unspecified atom stereocenters. The third-order valence-electron chi connectivity index (χ3n) is 2.33. The summed E-state index contributed by atoms with van der Waals surface area (Å²) in [5.74, 6) is 3.67. The minimum atomic E-state index is -1.23. The van der Waals surface area contributed by atoms with Gasteiger partial charge in [-0.2, -0.15) is 0 Å². The van der Waals surface area contributed by atoms with Crippen molar-refractivity contribution in [2.24, 2.45) is 5.92 Å². The van der Waals surface area contributed by atoms with Gasteiger partial charge < -0.3 is 0 Å². The predicted octanol–water partition coefficient (Wildman–Crippen LogP) is 4.53. The van der Waals surface area contributed by atoms with Gasteiger partial charge in [-0.25, -0.2) is 0 Å². The summed E-state index contributed by atoms with van der Waals surface area (Å²) in [6.45, 7) is 11.1. The Morgan fingerprint density at radius 2 is 1.71 bits per heavy atom.